The van der Waals surface area contributed by atoms with Gasteiger partial charge in [-0.25, -0.2) is 12.7 Å². The van der Waals surface area contributed by atoms with Crippen LogP contribution in [0.5, 0.6) is 17.2 Å². The standard InChI is InChI=1S/C16H24N2O6S/c1-22-13-8-11(9-14(23-2)15(13)24-3)16(19)17-12-6-5-7-18(10-12)25(4,20)21/h8-9,12H,5-7,10H2,1-4H3,(H,17,19). The Labute approximate surface area is 148 Å². The number of piperidine rings is 1. The number of hydrogen-bond donors (Lipinski definition) is 1. The summed E-state index contributed by atoms with van der Waals surface area (Å²) in [7, 11) is 1.18. The van der Waals surface area contributed by atoms with Crippen molar-refractivity contribution in [1.29, 1.82) is 0 Å². The Morgan fingerprint density at radius 2 is 1.76 bits per heavy atom. The average Bonchev–Trinajstić information content (AvgIpc) is 2.59. The molecule has 1 atom stereocenters. The van der Waals surface area contributed by atoms with Crippen molar-refractivity contribution in [2.75, 3.05) is 40.7 Å². The number of amides is 1. The quantitative estimate of drug-likeness (QED) is 0.796. The molecule has 140 valence electrons. The monoisotopic (exact) mass is 372 g/mol. The molecular formula is C16H24N2O6S. The highest BCUT2D eigenvalue weighted by molar-refractivity contribution is 7.88. The summed E-state index contributed by atoms with van der Waals surface area (Å²) in [6.07, 6.45) is 2.60. The van der Waals surface area contributed by atoms with Crippen LogP contribution in [0, 0.1) is 0 Å². The first-order valence-electron chi connectivity index (χ1n) is 7.86. The van der Waals surface area contributed by atoms with Crippen LogP contribution in [-0.4, -0.2) is 65.3 Å². The molecule has 9 heteroatoms. The van der Waals surface area contributed by atoms with E-state index in [1.807, 2.05) is 0 Å². The molecule has 1 fully saturated rings. The molecule has 1 aliphatic rings. The van der Waals surface area contributed by atoms with Crippen LogP contribution < -0.4 is 19.5 Å². The Morgan fingerprint density at radius 3 is 2.24 bits per heavy atom. The molecule has 1 amide bonds. The van der Waals surface area contributed by atoms with Gasteiger partial charge in [0.2, 0.25) is 15.8 Å². The van der Waals surface area contributed by atoms with E-state index >= 15 is 0 Å². The third-order valence-corrected chi connectivity index (χ3v) is 5.38. The fraction of sp³-hybridized carbons (Fsp3) is 0.562. The summed E-state index contributed by atoms with van der Waals surface area (Å²) < 4.78 is 40.5. The van der Waals surface area contributed by atoms with Crippen molar-refractivity contribution < 1.29 is 27.4 Å². The zero-order valence-electron chi connectivity index (χ0n) is 14.9. The molecule has 0 radical (unpaired) electrons. The molecule has 1 unspecified atom stereocenters. The van der Waals surface area contributed by atoms with Gasteiger partial charge in [0.15, 0.2) is 11.5 Å². The molecule has 1 aliphatic heterocycles. The smallest absolute Gasteiger partial charge is 0.251 e. The van der Waals surface area contributed by atoms with Gasteiger partial charge >= 0.3 is 0 Å². The first-order chi connectivity index (χ1) is 11.8. The van der Waals surface area contributed by atoms with Crippen LogP contribution in [0.4, 0.5) is 0 Å². The van der Waals surface area contributed by atoms with Gasteiger partial charge in [-0.1, -0.05) is 0 Å². The van der Waals surface area contributed by atoms with Gasteiger partial charge in [0.05, 0.1) is 27.6 Å². The van der Waals surface area contributed by atoms with E-state index < -0.39 is 10.0 Å². The Hall–Kier alpha value is -2.00. The molecule has 1 saturated heterocycles. The first kappa shape index (κ1) is 19.3. The summed E-state index contributed by atoms with van der Waals surface area (Å²) in [4.78, 5) is 12.6. The number of ether oxygens (including phenoxy) is 3. The van der Waals surface area contributed by atoms with Gasteiger partial charge in [-0.3, -0.25) is 4.79 Å². The number of methoxy groups -OCH3 is 3. The maximum atomic E-state index is 12.6. The highest BCUT2D eigenvalue weighted by Gasteiger charge is 2.27. The predicted molar refractivity (Wildman–Crippen MR) is 93.0 cm³/mol. The minimum atomic E-state index is -3.26. The second kappa shape index (κ2) is 7.92. The van der Waals surface area contributed by atoms with Gasteiger partial charge < -0.3 is 19.5 Å². The Bertz CT molecular complexity index is 709. The molecule has 0 spiro atoms. The minimum Gasteiger partial charge on any atom is -0.493 e. The van der Waals surface area contributed by atoms with Gasteiger partial charge in [0, 0.05) is 24.7 Å². The molecule has 8 nitrogen and oxygen atoms in total. The molecule has 1 N–H and O–H groups in total. The van der Waals surface area contributed by atoms with Crippen molar-refractivity contribution in [3.63, 3.8) is 0 Å². The molecule has 0 saturated carbocycles. The lowest BCUT2D eigenvalue weighted by Gasteiger charge is -2.31. The maximum absolute atomic E-state index is 12.6. The van der Waals surface area contributed by atoms with E-state index in [2.05, 4.69) is 5.32 Å². The van der Waals surface area contributed by atoms with E-state index in [0.29, 0.717) is 35.8 Å². The number of hydrogen-bond acceptors (Lipinski definition) is 6. The molecule has 0 aromatic heterocycles. The largest absolute Gasteiger partial charge is 0.493 e. The number of benzene rings is 1. The first-order valence-corrected chi connectivity index (χ1v) is 9.71. The molecule has 1 aromatic rings. The van der Waals surface area contributed by atoms with Crippen LogP contribution >= 0.6 is 0 Å². The number of rotatable bonds is 6. The van der Waals surface area contributed by atoms with Crippen LogP contribution in [0.15, 0.2) is 12.1 Å². The van der Waals surface area contributed by atoms with E-state index in [-0.39, 0.29) is 18.5 Å². The molecule has 0 bridgehead atoms. The van der Waals surface area contributed by atoms with E-state index in [1.165, 1.54) is 31.9 Å². The highest BCUT2D eigenvalue weighted by Crippen LogP contribution is 2.38. The summed E-state index contributed by atoms with van der Waals surface area (Å²) >= 11 is 0. The minimum absolute atomic E-state index is 0.241. The molecular weight excluding hydrogens is 348 g/mol. The van der Waals surface area contributed by atoms with Crippen molar-refractivity contribution >= 4 is 15.9 Å². The van der Waals surface area contributed by atoms with Gasteiger partial charge in [0.1, 0.15) is 0 Å². The van der Waals surface area contributed by atoms with Gasteiger partial charge in [-0.05, 0) is 25.0 Å². The predicted octanol–water partition coefficient (Wildman–Crippen LogP) is 0.866. The fourth-order valence-corrected chi connectivity index (χ4v) is 3.75. The lowest BCUT2D eigenvalue weighted by atomic mass is 10.1. The van der Waals surface area contributed by atoms with Crippen LogP contribution in [0.2, 0.25) is 0 Å². The third kappa shape index (κ3) is 4.55. The van der Waals surface area contributed by atoms with Crippen molar-refractivity contribution in [1.82, 2.24) is 9.62 Å². The number of nitrogens with zero attached hydrogens (tertiary/aromatic N) is 1. The summed E-state index contributed by atoms with van der Waals surface area (Å²) in [5.41, 5.74) is 0.353. The summed E-state index contributed by atoms with van der Waals surface area (Å²) in [6, 6.07) is 2.89. The fourth-order valence-electron chi connectivity index (χ4n) is 2.84. The normalized spacial score (nSPS) is 18.5. The van der Waals surface area contributed by atoms with Crippen LogP contribution in [-0.2, 0) is 10.0 Å². The second-order valence-corrected chi connectivity index (χ2v) is 7.83. The van der Waals surface area contributed by atoms with E-state index in [4.69, 9.17) is 14.2 Å². The number of nitrogens with one attached hydrogen (secondary N) is 1. The van der Waals surface area contributed by atoms with Gasteiger partial charge in [-0.2, -0.15) is 0 Å². The van der Waals surface area contributed by atoms with Gasteiger partial charge in [-0.15, -0.1) is 0 Å². The van der Waals surface area contributed by atoms with Crippen LogP contribution in [0.3, 0.4) is 0 Å². The Morgan fingerprint density at radius 1 is 1.16 bits per heavy atom. The third-order valence-electron chi connectivity index (χ3n) is 4.12. The molecule has 25 heavy (non-hydrogen) atoms. The Kier molecular flexibility index (Phi) is 6.12. The maximum Gasteiger partial charge on any atom is 0.251 e. The number of carbonyl (C=O) groups is 1. The van der Waals surface area contributed by atoms with E-state index in [0.717, 1.165) is 6.42 Å². The summed E-state index contributed by atoms with van der Waals surface area (Å²) in [6.45, 7) is 0.754. The lowest BCUT2D eigenvalue weighted by molar-refractivity contribution is 0.0920. The number of sulfonamides is 1. The average molecular weight is 372 g/mol. The highest BCUT2D eigenvalue weighted by atomic mass is 32.2. The van der Waals surface area contributed by atoms with Crippen molar-refractivity contribution in [3.05, 3.63) is 17.7 Å². The lowest BCUT2D eigenvalue weighted by Crippen LogP contribution is -2.49. The van der Waals surface area contributed by atoms with Crippen molar-refractivity contribution in [2.45, 2.75) is 18.9 Å². The molecule has 2 rings (SSSR count). The Balaban J connectivity index is 2.18. The van der Waals surface area contributed by atoms with Gasteiger partial charge in [0.25, 0.3) is 5.91 Å². The van der Waals surface area contributed by atoms with Crippen LogP contribution in [0.25, 0.3) is 0 Å². The van der Waals surface area contributed by atoms with E-state index in [9.17, 15) is 13.2 Å². The van der Waals surface area contributed by atoms with Crippen molar-refractivity contribution in [2.24, 2.45) is 0 Å². The SMILES string of the molecule is COc1cc(C(=O)NC2CCCN(S(C)(=O)=O)C2)cc(OC)c1OC. The molecule has 1 aromatic carbocycles. The second-order valence-electron chi connectivity index (χ2n) is 5.85. The summed E-state index contributed by atoms with van der Waals surface area (Å²) in [5.74, 6) is 0.851. The summed E-state index contributed by atoms with van der Waals surface area (Å²) in [5, 5.41) is 2.88. The zero-order chi connectivity index (χ0) is 18.6. The molecule has 1 heterocycles. The van der Waals surface area contributed by atoms with Crippen LogP contribution in [0.1, 0.15) is 23.2 Å². The molecule has 0 aliphatic carbocycles. The van der Waals surface area contributed by atoms with E-state index in [1.54, 1.807) is 12.1 Å². The topological polar surface area (TPSA) is 94.2 Å². The van der Waals surface area contributed by atoms with Crippen molar-refractivity contribution in [3.8, 4) is 17.2 Å². The number of carbonyl (C=O) groups excluding carboxylic acids is 1. The zero-order valence-corrected chi connectivity index (χ0v) is 15.7.